The predicted molar refractivity (Wildman–Crippen MR) is 145 cm³/mol. The van der Waals surface area contributed by atoms with Crippen molar-refractivity contribution < 1.29 is 18.0 Å². The molecule has 0 spiro atoms. The fourth-order valence-electron chi connectivity index (χ4n) is 3.78. The Morgan fingerprint density at radius 2 is 1.64 bits per heavy atom. The number of carbonyl (C=O) groups is 2. The molecule has 0 aliphatic rings. The van der Waals surface area contributed by atoms with Gasteiger partial charge in [0.15, 0.2) is 0 Å². The van der Waals surface area contributed by atoms with Gasteiger partial charge in [-0.3, -0.25) is 9.59 Å². The minimum atomic E-state index is -4.01. The molecule has 0 saturated heterocycles. The average Bonchev–Trinajstić information content (AvgIpc) is 2.79. The number of nitrogens with zero attached hydrogens (tertiary/aromatic N) is 3. The number of hydrogen-bond acceptors (Lipinski definition) is 4. The maximum Gasteiger partial charge on any atom is 0.304 e. The van der Waals surface area contributed by atoms with Crippen LogP contribution >= 0.6 is 11.6 Å². The van der Waals surface area contributed by atoms with Crippen molar-refractivity contribution in [2.24, 2.45) is 0 Å². The second-order valence-electron chi connectivity index (χ2n) is 9.32. The van der Waals surface area contributed by atoms with Gasteiger partial charge in [-0.15, -0.1) is 0 Å². The highest BCUT2D eigenvalue weighted by atomic mass is 35.5. The fraction of sp³-hybridized carbons (Fsp3) is 0.462. The molecular formula is C26H37ClN4O4S. The molecule has 10 heteroatoms. The van der Waals surface area contributed by atoms with E-state index in [0.29, 0.717) is 22.7 Å². The number of halogens is 1. The second kappa shape index (κ2) is 12.6. The lowest BCUT2D eigenvalue weighted by Crippen LogP contribution is -2.54. The third-order valence-corrected chi connectivity index (χ3v) is 7.79. The monoisotopic (exact) mass is 536 g/mol. The van der Waals surface area contributed by atoms with Crippen molar-refractivity contribution in [2.45, 2.75) is 59.7 Å². The van der Waals surface area contributed by atoms with Crippen LogP contribution < -0.4 is 9.62 Å². The maximum absolute atomic E-state index is 13.8. The number of rotatable bonds is 11. The van der Waals surface area contributed by atoms with Crippen molar-refractivity contribution in [3.05, 3.63) is 64.2 Å². The molecule has 2 aromatic carbocycles. The molecular weight excluding hydrogens is 500 g/mol. The van der Waals surface area contributed by atoms with E-state index in [2.05, 4.69) is 5.32 Å². The molecule has 1 unspecified atom stereocenters. The summed E-state index contributed by atoms with van der Waals surface area (Å²) in [6, 6.07) is 11.6. The van der Waals surface area contributed by atoms with Gasteiger partial charge in [-0.1, -0.05) is 42.8 Å². The van der Waals surface area contributed by atoms with Crippen molar-refractivity contribution in [2.75, 3.05) is 24.9 Å². The van der Waals surface area contributed by atoms with Crippen molar-refractivity contribution in [1.82, 2.24) is 14.5 Å². The van der Waals surface area contributed by atoms with Gasteiger partial charge >= 0.3 is 10.2 Å². The lowest BCUT2D eigenvalue weighted by Gasteiger charge is -2.34. The molecule has 0 aliphatic heterocycles. The van der Waals surface area contributed by atoms with E-state index in [-0.39, 0.29) is 18.5 Å². The molecule has 36 heavy (non-hydrogen) atoms. The SMILES string of the molecule is CCC(C(=O)NC(C)C)N(Cc1ccc(Cl)cc1)C(=O)CN(c1cc(C)ccc1C)S(=O)(=O)N(C)C. The third-order valence-electron chi connectivity index (χ3n) is 5.74. The van der Waals surface area contributed by atoms with Crippen LogP contribution in [0.3, 0.4) is 0 Å². The Balaban J connectivity index is 2.55. The van der Waals surface area contributed by atoms with E-state index >= 15 is 0 Å². The standard InChI is InChI=1S/C26H37ClN4O4S/c1-8-23(26(33)28-18(2)3)30(16-21-11-13-22(27)14-12-21)25(32)17-31(36(34,35)29(6)7)24-15-19(4)9-10-20(24)5/h9-15,18,23H,8,16-17H2,1-7H3,(H,28,33). The zero-order valence-corrected chi connectivity index (χ0v) is 23.7. The number of carbonyl (C=O) groups excluding carboxylic acids is 2. The van der Waals surface area contributed by atoms with E-state index in [9.17, 15) is 18.0 Å². The van der Waals surface area contributed by atoms with Gasteiger partial charge in [0.1, 0.15) is 12.6 Å². The van der Waals surface area contributed by atoms with E-state index in [1.54, 1.807) is 37.3 Å². The quantitative estimate of drug-likeness (QED) is 0.471. The van der Waals surface area contributed by atoms with Gasteiger partial charge < -0.3 is 10.2 Å². The Bertz CT molecular complexity index is 1170. The van der Waals surface area contributed by atoms with Gasteiger partial charge in [-0.2, -0.15) is 12.7 Å². The minimum absolute atomic E-state index is 0.111. The van der Waals surface area contributed by atoms with Gasteiger partial charge in [0.2, 0.25) is 11.8 Å². The zero-order valence-electron chi connectivity index (χ0n) is 22.1. The molecule has 0 saturated carbocycles. The molecule has 0 radical (unpaired) electrons. The Labute approximate surface area is 220 Å². The van der Waals surface area contributed by atoms with Crippen LogP contribution in [0, 0.1) is 13.8 Å². The molecule has 0 heterocycles. The predicted octanol–water partition coefficient (Wildman–Crippen LogP) is 3.90. The molecule has 1 atom stereocenters. The van der Waals surface area contributed by atoms with E-state index in [0.717, 1.165) is 19.7 Å². The molecule has 0 aliphatic carbocycles. The summed E-state index contributed by atoms with van der Waals surface area (Å²) in [6.07, 6.45) is 0.363. The first kappa shape index (κ1) is 29.6. The van der Waals surface area contributed by atoms with Gasteiger partial charge in [-0.25, -0.2) is 4.31 Å². The molecule has 2 rings (SSSR count). The lowest BCUT2D eigenvalue weighted by atomic mass is 10.1. The molecule has 0 fully saturated rings. The number of amides is 2. The number of benzene rings is 2. The molecule has 198 valence electrons. The smallest absolute Gasteiger partial charge is 0.304 e. The summed E-state index contributed by atoms with van der Waals surface area (Å²) < 4.78 is 28.9. The second-order valence-corrected chi connectivity index (χ2v) is 11.8. The number of nitrogens with one attached hydrogen (secondary N) is 1. The van der Waals surface area contributed by atoms with Crippen LogP contribution in [0.15, 0.2) is 42.5 Å². The maximum atomic E-state index is 13.8. The van der Waals surface area contributed by atoms with Gasteiger partial charge in [0.05, 0.1) is 5.69 Å². The molecule has 2 amide bonds. The van der Waals surface area contributed by atoms with Crippen molar-refractivity contribution in [3.63, 3.8) is 0 Å². The van der Waals surface area contributed by atoms with Gasteiger partial charge in [-0.05, 0) is 69.0 Å². The van der Waals surface area contributed by atoms with E-state index < -0.39 is 28.7 Å². The Morgan fingerprint density at radius 1 is 1.03 bits per heavy atom. The van der Waals surface area contributed by atoms with E-state index in [1.807, 2.05) is 39.8 Å². The third kappa shape index (κ3) is 7.44. The first-order chi connectivity index (χ1) is 16.8. The van der Waals surface area contributed by atoms with Crippen LogP contribution in [0.1, 0.15) is 43.9 Å². The van der Waals surface area contributed by atoms with Crippen LogP contribution in [0.2, 0.25) is 5.02 Å². The average molecular weight is 537 g/mol. The van der Waals surface area contributed by atoms with E-state index in [4.69, 9.17) is 11.6 Å². The topological polar surface area (TPSA) is 90.0 Å². The Morgan fingerprint density at radius 3 is 2.17 bits per heavy atom. The molecule has 0 bridgehead atoms. The zero-order chi connectivity index (χ0) is 27.2. The minimum Gasteiger partial charge on any atom is -0.352 e. The van der Waals surface area contributed by atoms with Crippen LogP contribution in [-0.4, -0.2) is 62.2 Å². The first-order valence-corrected chi connectivity index (χ1v) is 13.7. The molecule has 2 aromatic rings. The fourth-order valence-corrected chi connectivity index (χ4v) is 5.02. The van der Waals surface area contributed by atoms with Crippen LogP contribution in [0.25, 0.3) is 0 Å². The van der Waals surface area contributed by atoms with Crippen molar-refractivity contribution in [1.29, 1.82) is 0 Å². The van der Waals surface area contributed by atoms with Gasteiger partial charge in [0, 0.05) is 31.7 Å². The summed E-state index contributed by atoms with van der Waals surface area (Å²) in [4.78, 5) is 28.4. The van der Waals surface area contributed by atoms with Crippen LogP contribution in [0.5, 0.6) is 0 Å². The molecule has 0 aromatic heterocycles. The first-order valence-electron chi connectivity index (χ1n) is 11.9. The summed E-state index contributed by atoms with van der Waals surface area (Å²) >= 11 is 6.03. The summed E-state index contributed by atoms with van der Waals surface area (Å²) in [5.41, 5.74) is 2.77. The largest absolute Gasteiger partial charge is 0.352 e. The highest BCUT2D eigenvalue weighted by Crippen LogP contribution is 2.26. The summed E-state index contributed by atoms with van der Waals surface area (Å²) in [5, 5.41) is 3.44. The molecule has 1 N–H and O–H groups in total. The number of aryl methyl sites for hydroxylation is 2. The van der Waals surface area contributed by atoms with Crippen molar-refractivity contribution >= 4 is 39.3 Å². The van der Waals surface area contributed by atoms with Crippen LogP contribution in [-0.2, 0) is 26.3 Å². The van der Waals surface area contributed by atoms with E-state index in [1.165, 1.54) is 19.0 Å². The van der Waals surface area contributed by atoms with Crippen molar-refractivity contribution in [3.8, 4) is 0 Å². The molecule has 8 nitrogen and oxygen atoms in total. The highest BCUT2D eigenvalue weighted by Gasteiger charge is 2.34. The summed E-state index contributed by atoms with van der Waals surface area (Å²) in [5.74, 6) is -0.773. The van der Waals surface area contributed by atoms with Gasteiger partial charge in [0.25, 0.3) is 0 Å². The Kier molecular flexibility index (Phi) is 10.3. The van der Waals surface area contributed by atoms with Crippen LogP contribution in [0.4, 0.5) is 5.69 Å². The summed E-state index contributed by atoms with van der Waals surface area (Å²) in [7, 11) is -1.16. The summed E-state index contributed by atoms with van der Waals surface area (Å²) in [6.45, 7) is 8.86. The number of anilines is 1. The number of hydrogen-bond donors (Lipinski definition) is 1. The lowest BCUT2D eigenvalue weighted by molar-refractivity contribution is -0.140. The Hall–Kier alpha value is -2.62. The normalized spacial score (nSPS) is 12.5. The highest BCUT2D eigenvalue weighted by molar-refractivity contribution is 7.90.